The molecule has 4 aromatic rings. The van der Waals surface area contributed by atoms with Crippen LogP contribution < -0.4 is 9.98 Å². The molecule has 3 atom stereocenters. The van der Waals surface area contributed by atoms with E-state index in [1.165, 1.54) is 0 Å². The maximum atomic E-state index is 15.9. The molecule has 6 heteroatoms. The highest BCUT2D eigenvalue weighted by atomic mass is 31.2. The van der Waals surface area contributed by atoms with Gasteiger partial charge in [0.05, 0.1) is 18.1 Å². The Morgan fingerprint density at radius 2 is 1.14 bits per heavy atom. The SMILES string of the molecule is CC(C)N1[C@@H](c2ccccc2)[C@H](c2ccccc2)N(C(C)C)[P+]1([O-])N[C@@H](CC(=O)/C=C/c1ccccc1)c1ccccc1. The predicted octanol–water partition coefficient (Wildman–Crippen LogP) is 7.94. The van der Waals surface area contributed by atoms with E-state index in [0.717, 1.165) is 22.3 Å². The van der Waals surface area contributed by atoms with E-state index in [4.69, 9.17) is 0 Å². The number of ketones is 1. The standard InChI is InChI=1S/C37H42N3O2P/c1-28(2)39-36(32-21-13-7-14-22-32)37(33-23-15-8-16-24-33)40(29(3)4)43(39,42)38-35(31-19-11-6-12-20-31)27-34(41)26-25-30-17-9-5-10-18-30/h5-26,28-29,35-37H,27H2,1-4H3,(H,38,42)/b26-25+/t35-,36-,37-/m0/s1. The highest BCUT2D eigenvalue weighted by Crippen LogP contribution is 2.72. The Balaban J connectivity index is 1.59. The van der Waals surface area contributed by atoms with Crippen LogP contribution in [0.5, 0.6) is 0 Å². The molecule has 43 heavy (non-hydrogen) atoms. The Morgan fingerprint density at radius 1 is 0.721 bits per heavy atom. The topological polar surface area (TPSA) is 58.6 Å². The lowest BCUT2D eigenvalue weighted by Gasteiger charge is -2.45. The molecule has 1 heterocycles. The van der Waals surface area contributed by atoms with E-state index in [9.17, 15) is 4.79 Å². The maximum Gasteiger partial charge on any atom is 0.185 e. The summed E-state index contributed by atoms with van der Waals surface area (Å²) in [5.74, 6) is -0.0255. The molecule has 1 saturated heterocycles. The molecule has 4 aromatic carbocycles. The molecule has 5 rings (SSSR count). The highest BCUT2D eigenvalue weighted by Gasteiger charge is 2.62. The van der Waals surface area contributed by atoms with Crippen LogP contribution in [-0.4, -0.2) is 27.2 Å². The average molecular weight is 592 g/mol. The smallest absolute Gasteiger partial charge is 0.185 e. The first-order valence-electron chi connectivity index (χ1n) is 15.2. The van der Waals surface area contributed by atoms with Gasteiger partial charge in [0.25, 0.3) is 0 Å². The summed E-state index contributed by atoms with van der Waals surface area (Å²) >= 11 is 0. The monoisotopic (exact) mass is 591 g/mol. The van der Waals surface area contributed by atoms with Gasteiger partial charge >= 0.3 is 0 Å². The molecular weight excluding hydrogens is 549 g/mol. The van der Waals surface area contributed by atoms with E-state index < -0.39 is 14.0 Å². The van der Waals surface area contributed by atoms with Crippen LogP contribution in [0.3, 0.4) is 0 Å². The molecule has 1 aliphatic rings. The zero-order valence-corrected chi connectivity index (χ0v) is 26.3. The molecule has 0 bridgehead atoms. The normalized spacial score (nSPS) is 19.8. The number of nitrogens with zero attached hydrogens (tertiary/aromatic N) is 2. The van der Waals surface area contributed by atoms with Crippen LogP contribution >= 0.6 is 7.94 Å². The number of nitrogens with one attached hydrogen (secondary N) is 1. The van der Waals surface area contributed by atoms with Crippen LogP contribution in [0.2, 0.25) is 0 Å². The largest absolute Gasteiger partial charge is 0.636 e. The van der Waals surface area contributed by atoms with Gasteiger partial charge in [-0.3, -0.25) is 4.79 Å². The molecule has 1 fully saturated rings. The number of benzene rings is 4. The van der Waals surface area contributed by atoms with E-state index in [2.05, 4.69) is 90.7 Å². The second-order valence-corrected chi connectivity index (χ2v) is 14.0. The molecule has 0 amide bonds. The van der Waals surface area contributed by atoms with Crippen molar-refractivity contribution in [3.05, 3.63) is 150 Å². The Labute approximate surface area is 257 Å². The van der Waals surface area contributed by atoms with Crippen LogP contribution in [0.4, 0.5) is 0 Å². The van der Waals surface area contributed by atoms with E-state index in [0.29, 0.717) is 0 Å². The summed E-state index contributed by atoms with van der Waals surface area (Å²) in [5.41, 5.74) is 4.14. The molecule has 0 aliphatic carbocycles. The van der Waals surface area contributed by atoms with Crippen LogP contribution in [0.1, 0.15) is 74.5 Å². The van der Waals surface area contributed by atoms with Gasteiger partial charge in [0, 0.05) is 18.5 Å². The Hall–Kier alpha value is -3.44. The number of rotatable bonds is 11. The maximum absolute atomic E-state index is 15.9. The van der Waals surface area contributed by atoms with E-state index in [-0.39, 0.29) is 36.4 Å². The van der Waals surface area contributed by atoms with Crippen molar-refractivity contribution in [1.29, 1.82) is 0 Å². The summed E-state index contributed by atoms with van der Waals surface area (Å²) in [6.45, 7) is 8.45. The minimum Gasteiger partial charge on any atom is -0.636 e. The van der Waals surface area contributed by atoms with Crippen molar-refractivity contribution in [2.45, 2.75) is 64.3 Å². The van der Waals surface area contributed by atoms with Crippen molar-refractivity contribution < 1.29 is 9.69 Å². The number of carbonyl (C=O) groups excluding carboxylic acids is 1. The third-order valence-corrected chi connectivity index (χ3v) is 11.3. The fourth-order valence-electron chi connectivity index (χ4n) is 6.27. The van der Waals surface area contributed by atoms with Gasteiger partial charge in [-0.05, 0) is 56.0 Å². The second-order valence-electron chi connectivity index (χ2n) is 11.7. The summed E-state index contributed by atoms with van der Waals surface area (Å²) in [6, 6.07) is 39.7. The fourth-order valence-corrected chi connectivity index (χ4v) is 9.86. The van der Waals surface area contributed by atoms with E-state index in [1.807, 2.05) is 78.9 Å². The molecule has 1 N–H and O–H groups in total. The molecule has 1 aliphatic heterocycles. The molecule has 0 unspecified atom stereocenters. The lowest BCUT2D eigenvalue weighted by atomic mass is 9.92. The van der Waals surface area contributed by atoms with Gasteiger partial charge in [-0.2, -0.15) is 5.09 Å². The van der Waals surface area contributed by atoms with Crippen LogP contribution in [0.15, 0.2) is 127 Å². The summed E-state index contributed by atoms with van der Waals surface area (Å²) in [5, 5.41) is 3.65. The van der Waals surface area contributed by atoms with Crippen molar-refractivity contribution >= 4 is 19.8 Å². The van der Waals surface area contributed by atoms with Gasteiger partial charge in [-0.15, -0.1) is 9.34 Å². The van der Waals surface area contributed by atoms with Crippen LogP contribution in [0.25, 0.3) is 6.08 Å². The Bertz CT molecular complexity index is 1420. The van der Waals surface area contributed by atoms with Gasteiger partial charge in [-0.1, -0.05) is 127 Å². The van der Waals surface area contributed by atoms with E-state index >= 15 is 4.89 Å². The summed E-state index contributed by atoms with van der Waals surface area (Å²) < 4.78 is 4.36. The van der Waals surface area contributed by atoms with Crippen molar-refractivity contribution in [3.63, 3.8) is 0 Å². The van der Waals surface area contributed by atoms with Gasteiger partial charge in [0.1, 0.15) is 0 Å². The fraction of sp³-hybridized carbons (Fsp3) is 0.270. The molecule has 0 radical (unpaired) electrons. The van der Waals surface area contributed by atoms with Crippen molar-refractivity contribution in [2.24, 2.45) is 0 Å². The van der Waals surface area contributed by atoms with Crippen molar-refractivity contribution in [1.82, 2.24) is 14.4 Å². The molecule has 0 aromatic heterocycles. The molecule has 222 valence electrons. The average Bonchev–Trinajstić information content (AvgIpc) is 3.31. The summed E-state index contributed by atoms with van der Waals surface area (Å²) in [4.78, 5) is 29.3. The molecule has 5 nitrogen and oxygen atoms in total. The quantitative estimate of drug-likeness (QED) is 0.142. The second kappa shape index (κ2) is 13.9. The van der Waals surface area contributed by atoms with Gasteiger partial charge in [0.15, 0.2) is 13.7 Å². The van der Waals surface area contributed by atoms with E-state index in [1.54, 1.807) is 6.08 Å². The molecule has 0 saturated carbocycles. The predicted molar refractivity (Wildman–Crippen MR) is 177 cm³/mol. The zero-order chi connectivity index (χ0) is 30.4. The van der Waals surface area contributed by atoms with Gasteiger partial charge in [0.2, 0.25) is 0 Å². The number of allylic oxidation sites excluding steroid dienone is 1. The van der Waals surface area contributed by atoms with Crippen LogP contribution in [0, 0.1) is 0 Å². The van der Waals surface area contributed by atoms with Gasteiger partial charge < -0.3 is 4.89 Å². The minimum absolute atomic E-state index is 0.0255. The number of hydrogen-bond acceptors (Lipinski definition) is 5. The number of carbonyl (C=O) groups is 1. The lowest BCUT2D eigenvalue weighted by molar-refractivity contribution is -0.198. The Morgan fingerprint density at radius 3 is 1.58 bits per heavy atom. The van der Waals surface area contributed by atoms with Gasteiger partial charge in [-0.25, -0.2) is 0 Å². The third kappa shape index (κ3) is 6.88. The first-order valence-corrected chi connectivity index (χ1v) is 16.8. The molecule has 0 spiro atoms. The van der Waals surface area contributed by atoms with Crippen LogP contribution in [-0.2, 0) is 4.79 Å². The Kier molecular flexibility index (Phi) is 10.0. The zero-order valence-electron chi connectivity index (χ0n) is 25.5. The highest BCUT2D eigenvalue weighted by molar-refractivity contribution is 7.62. The van der Waals surface area contributed by atoms with Crippen molar-refractivity contribution in [2.75, 3.05) is 0 Å². The first kappa shape index (κ1) is 31.0. The molecular formula is C37H42N3O2P. The first-order chi connectivity index (χ1) is 20.8. The third-order valence-electron chi connectivity index (χ3n) is 8.03. The summed E-state index contributed by atoms with van der Waals surface area (Å²) in [7, 11) is -3.46. The van der Waals surface area contributed by atoms with Crippen molar-refractivity contribution in [3.8, 4) is 0 Å². The summed E-state index contributed by atoms with van der Waals surface area (Å²) in [6.07, 6.45) is 3.67. The number of hydrogen-bond donors (Lipinski definition) is 1. The lowest BCUT2D eigenvalue weighted by Crippen LogP contribution is -2.48. The minimum atomic E-state index is -3.46.